The minimum Gasteiger partial charge on any atom is -0.465 e. The summed E-state index contributed by atoms with van der Waals surface area (Å²) in [6.07, 6.45) is 0. The van der Waals surface area contributed by atoms with E-state index in [9.17, 15) is 4.79 Å². The average molecular weight is 392 g/mol. The van der Waals surface area contributed by atoms with Gasteiger partial charge >= 0.3 is 5.97 Å². The summed E-state index contributed by atoms with van der Waals surface area (Å²) in [4.78, 5) is 19.7. The van der Waals surface area contributed by atoms with E-state index in [0.29, 0.717) is 11.1 Å². The Morgan fingerprint density at radius 2 is 2.00 bits per heavy atom. The molecule has 0 atom stereocenters. The number of para-hydroxylation sites is 1. The number of fused-ring (bicyclic) bond motifs is 1. The highest BCUT2D eigenvalue weighted by atomic mass is 127. The van der Waals surface area contributed by atoms with E-state index >= 15 is 0 Å². The van der Waals surface area contributed by atoms with Crippen LogP contribution in [0.4, 0.5) is 0 Å². The van der Waals surface area contributed by atoms with E-state index in [4.69, 9.17) is 4.74 Å². The molecule has 5 heteroatoms. The van der Waals surface area contributed by atoms with Crippen molar-refractivity contribution >= 4 is 39.6 Å². The van der Waals surface area contributed by atoms with Gasteiger partial charge in [0.15, 0.2) is 0 Å². The van der Waals surface area contributed by atoms with Crippen molar-refractivity contribution in [3.63, 3.8) is 0 Å². The number of esters is 1. The first kappa shape index (κ1) is 14.1. The van der Waals surface area contributed by atoms with Crippen LogP contribution < -0.4 is 0 Å². The van der Waals surface area contributed by atoms with Crippen LogP contribution in [-0.2, 0) is 4.74 Å². The zero-order valence-electron chi connectivity index (χ0n) is 11.6. The third kappa shape index (κ3) is 2.42. The maximum atomic E-state index is 11.8. The monoisotopic (exact) mass is 392 g/mol. The largest absolute Gasteiger partial charge is 0.465 e. The molecular weight excluding hydrogens is 379 g/mol. The predicted molar refractivity (Wildman–Crippen MR) is 90.3 cm³/mol. The molecule has 0 bridgehead atoms. The van der Waals surface area contributed by atoms with Crippen LogP contribution >= 0.6 is 22.6 Å². The number of rotatable bonds is 2. The zero-order valence-corrected chi connectivity index (χ0v) is 13.8. The maximum Gasteiger partial charge on any atom is 0.340 e. The van der Waals surface area contributed by atoms with Crippen molar-refractivity contribution < 1.29 is 9.53 Å². The summed E-state index contributed by atoms with van der Waals surface area (Å²) in [5.74, 6) is 0.382. The lowest BCUT2D eigenvalue weighted by Crippen LogP contribution is -2.01. The van der Waals surface area contributed by atoms with Gasteiger partial charge in [-0.05, 0) is 47.2 Å². The Morgan fingerprint density at radius 1 is 1.24 bits per heavy atom. The van der Waals surface area contributed by atoms with Crippen LogP contribution in [0.2, 0.25) is 0 Å². The summed E-state index contributed by atoms with van der Waals surface area (Å²) in [5, 5.41) is 0. The number of aromatic nitrogens is 2. The summed E-state index contributed by atoms with van der Waals surface area (Å²) in [7, 11) is 1.37. The first-order valence-corrected chi connectivity index (χ1v) is 7.52. The summed E-state index contributed by atoms with van der Waals surface area (Å²) < 4.78 is 5.95. The second-order valence-electron chi connectivity index (χ2n) is 4.72. The molecule has 0 radical (unpaired) electrons. The van der Waals surface area contributed by atoms with Crippen molar-refractivity contribution in [1.82, 2.24) is 9.97 Å². The van der Waals surface area contributed by atoms with Gasteiger partial charge in [0.25, 0.3) is 0 Å². The molecule has 0 saturated heterocycles. The quantitative estimate of drug-likeness (QED) is 0.531. The first-order chi connectivity index (χ1) is 10.1. The van der Waals surface area contributed by atoms with Crippen LogP contribution in [0.3, 0.4) is 0 Å². The zero-order chi connectivity index (χ0) is 15.0. The highest BCUT2D eigenvalue weighted by Gasteiger charge is 2.15. The molecule has 21 heavy (non-hydrogen) atoms. The summed E-state index contributed by atoms with van der Waals surface area (Å²) in [6, 6.07) is 11.5. The summed E-state index contributed by atoms with van der Waals surface area (Å²) in [6.45, 7) is 2.06. The molecule has 2 aromatic carbocycles. The summed E-state index contributed by atoms with van der Waals surface area (Å²) >= 11 is 2.31. The third-order valence-electron chi connectivity index (χ3n) is 3.36. The number of halogens is 1. The van der Waals surface area contributed by atoms with Crippen LogP contribution in [0.1, 0.15) is 15.9 Å². The number of H-pyrrole nitrogens is 1. The van der Waals surface area contributed by atoms with Gasteiger partial charge in [-0.2, -0.15) is 0 Å². The Morgan fingerprint density at radius 3 is 2.76 bits per heavy atom. The first-order valence-electron chi connectivity index (χ1n) is 6.44. The molecule has 106 valence electrons. The van der Waals surface area contributed by atoms with Gasteiger partial charge in [-0.1, -0.05) is 24.3 Å². The number of nitrogens with zero attached hydrogens (tertiary/aromatic N) is 1. The number of methoxy groups -OCH3 is 1. The topological polar surface area (TPSA) is 55.0 Å². The molecule has 1 N–H and O–H groups in total. The number of imidazole rings is 1. The number of carbonyl (C=O) groups is 1. The SMILES string of the molecule is COC(=O)c1cccc2[nH]c(-c3cccc(C)c3I)nc12. The molecule has 1 aromatic heterocycles. The van der Waals surface area contributed by atoms with Gasteiger partial charge in [0.2, 0.25) is 0 Å². The van der Waals surface area contributed by atoms with Gasteiger partial charge in [0.1, 0.15) is 11.3 Å². The molecule has 0 unspecified atom stereocenters. The van der Waals surface area contributed by atoms with Crippen molar-refractivity contribution in [2.75, 3.05) is 7.11 Å². The van der Waals surface area contributed by atoms with E-state index in [1.54, 1.807) is 6.07 Å². The Hall–Kier alpha value is -1.89. The molecule has 0 aliphatic heterocycles. The van der Waals surface area contributed by atoms with Crippen LogP contribution in [-0.4, -0.2) is 23.0 Å². The van der Waals surface area contributed by atoms with Crippen molar-refractivity contribution in [2.45, 2.75) is 6.92 Å². The molecule has 0 fully saturated rings. The molecule has 0 aliphatic rings. The smallest absolute Gasteiger partial charge is 0.340 e. The fraction of sp³-hybridized carbons (Fsp3) is 0.125. The molecule has 0 aliphatic carbocycles. The van der Waals surface area contributed by atoms with Crippen LogP contribution in [0.5, 0.6) is 0 Å². The molecule has 0 amide bonds. The van der Waals surface area contributed by atoms with E-state index in [2.05, 4.69) is 45.5 Å². The Kier molecular flexibility index (Phi) is 3.67. The van der Waals surface area contributed by atoms with Gasteiger partial charge in [0, 0.05) is 9.13 Å². The Labute approximate surface area is 135 Å². The van der Waals surface area contributed by atoms with Crippen LogP contribution in [0.25, 0.3) is 22.4 Å². The predicted octanol–water partition coefficient (Wildman–Crippen LogP) is 3.93. The highest BCUT2D eigenvalue weighted by molar-refractivity contribution is 14.1. The van der Waals surface area contributed by atoms with E-state index in [-0.39, 0.29) is 5.97 Å². The van der Waals surface area contributed by atoms with Gasteiger partial charge in [0.05, 0.1) is 18.2 Å². The minimum absolute atomic E-state index is 0.377. The fourth-order valence-electron chi connectivity index (χ4n) is 2.26. The lowest BCUT2D eigenvalue weighted by Gasteiger charge is -2.03. The lowest BCUT2D eigenvalue weighted by atomic mass is 10.1. The summed E-state index contributed by atoms with van der Waals surface area (Å²) in [5.41, 5.74) is 4.16. The van der Waals surface area contributed by atoms with Crippen molar-refractivity contribution in [1.29, 1.82) is 0 Å². The number of benzene rings is 2. The standard InChI is InChI=1S/C16H13IN2O2/c1-9-5-3-6-10(13(9)17)15-18-12-8-4-7-11(14(12)19-15)16(20)21-2/h3-8H,1-2H3,(H,18,19). The van der Waals surface area contributed by atoms with Gasteiger partial charge in [-0.3, -0.25) is 0 Å². The normalized spacial score (nSPS) is 10.8. The number of hydrogen-bond donors (Lipinski definition) is 1. The van der Waals surface area contributed by atoms with E-state index in [1.165, 1.54) is 12.7 Å². The molecule has 0 saturated carbocycles. The van der Waals surface area contributed by atoms with Crippen LogP contribution in [0, 0.1) is 10.5 Å². The number of nitrogens with one attached hydrogen (secondary N) is 1. The highest BCUT2D eigenvalue weighted by Crippen LogP contribution is 2.28. The molecule has 3 rings (SSSR count). The number of carbonyl (C=O) groups excluding carboxylic acids is 1. The van der Waals surface area contributed by atoms with Crippen LogP contribution in [0.15, 0.2) is 36.4 Å². The lowest BCUT2D eigenvalue weighted by molar-refractivity contribution is 0.0603. The Bertz CT molecular complexity index is 839. The van der Waals surface area contributed by atoms with Gasteiger partial charge in [-0.25, -0.2) is 9.78 Å². The van der Waals surface area contributed by atoms with E-state index < -0.39 is 0 Å². The number of aromatic amines is 1. The van der Waals surface area contributed by atoms with Crippen molar-refractivity contribution in [2.24, 2.45) is 0 Å². The van der Waals surface area contributed by atoms with Gasteiger partial charge < -0.3 is 9.72 Å². The number of hydrogen-bond acceptors (Lipinski definition) is 3. The second-order valence-corrected chi connectivity index (χ2v) is 5.79. The molecule has 4 nitrogen and oxygen atoms in total. The third-order valence-corrected chi connectivity index (χ3v) is 4.80. The molecule has 3 aromatic rings. The fourth-order valence-corrected chi connectivity index (χ4v) is 2.88. The van der Waals surface area contributed by atoms with E-state index in [0.717, 1.165) is 20.5 Å². The molecule has 0 spiro atoms. The second kappa shape index (κ2) is 5.48. The molecular formula is C16H13IN2O2. The minimum atomic E-state index is -0.377. The van der Waals surface area contributed by atoms with Gasteiger partial charge in [-0.15, -0.1) is 0 Å². The number of ether oxygens (including phenoxy) is 1. The van der Waals surface area contributed by atoms with Crippen molar-refractivity contribution in [3.05, 3.63) is 51.1 Å². The average Bonchev–Trinajstić information content (AvgIpc) is 2.92. The maximum absolute atomic E-state index is 11.8. The van der Waals surface area contributed by atoms with Crippen molar-refractivity contribution in [3.8, 4) is 11.4 Å². The van der Waals surface area contributed by atoms with E-state index in [1.807, 2.05) is 24.3 Å². The molecule has 1 heterocycles. The Balaban J connectivity index is 2.22. The number of aryl methyl sites for hydroxylation is 1.